The van der Waals surface area contributed by atoms with E-state index in [0.717, 1.165) is 11.7 Å². The van der Waals surface area contributed by atoms with Crippen molar-refractivity contribution in [2.24, 2.45) is 0 Å². The quantitative estimate of drug-likeness (QED) is 0.554. The molecule has 0 aliphatic rings. The minimum atomic E-state index is 0.719. The zero-order valence-corrected chi connectivity index (χ0v) is 7.11. The van der Waals surface area contributed by atoms with E-state index < -0.39 is 0 Å². The van der Waals surface area contributed by atoms with Crippen LogP contribution in [0.2, 0.25) is 0 Å². The van der Waals surface area contributed by atoms with Crippen LogP contribution in [0.4, 0.5) is 5.13 Å². The van der Waals surface area contributed by atoms with Crippen molar-refractivity contribution in [2.75, 3.05) is 10.8 Å². The number of hydrogen-bond donors (Lipinski definition) is 1. The van der Waals surface area contributed by atoms with E-state index in [1.807, 2.05) is 5.38 Å². The summed E-state index contributed by atoms with van der Waals surface area (Å²) in [5.41, 5.74) is 0. The van der Waals surface area contributed by atoms with Gasteiger partial charge in [-0.2, -0.15) is 0 Å². The molecular weight excluding hydrogens is 164 g/mol. The summed E-state index contributed by atoms with van der Waals surface area (Å²) in [6.45, 7) is 4.32. The fourth-order valence-electron chi connectivity index (χ4n) is 0.544. The van der Waals surface area contributed by atoms with Crippen molar-refractivity contribution in [3.05, 3.63) is 24.2 Å². The van der Waals surface area contributed by atoms with E-state index in [1.54, 1.807) is 27.9 Å². The zero-order chi connectivity index (χ0) is 7.40. The summed E-state index contributed by atoms with van der Waals surface area (Å²) >= 11 is 5.74. The number of thiol groups is 1. The van der Waals surface area contributed by atoms with Crippen LogP contribution in [0, 0.1) is 0 Å². The van der Waals surface area contributed by atoms with Gasteiger partial charge in [0.15, 0.2) is 5.13 Å². The molecule has 0 spiro atoms. The standard InChI is InChI=1S/C6H8N2S2/c1-2-4-8(9)6-7-3-5-10-6/h2-3,5,9H,1,4H2. The van der Waals surface area contributed by atoms with Crippen molar-refractivity contribution in [3.8, 4) is 0 Å². The summed E-state index contributed by atoms with van der Waals surface area (Å²) in [5.74, 6) is 0. The third-order valence-corrected chi connectivity index (χ3v) is 2.22. The third kappa shape index (κ3) is 1.75. The first-order valence-electron chi connectivity index (χ1n) is 2.81. The van der Waals surface area contributed by atoms with Crippen LogP contribution in [0.15, 0.2) is 24.2 Å². The monoisotopic (exact) mass is 172 g/mol. The Hall–Kier alpha value is -0.480. The van der Waals surface area contributed by atoms with Gasteiger partial charge in [0.2, 0.25) is 0 Å². The second kappa shape index (κ2) is 3.63. The van der Waals surface area contributed by atoms with E-state index in [2.05, 4.69) is 24.4 Å². The zero-order valence-electron chi connectivity index (χ0n) is 5.40. The van der Waals surface area contributed by atoms with Gasteiger partial charge in [0.1, 0.15) is 0 Å². The molecule has 10 heavy (non-hydrogen) atoms. The number of rotatable bonds is 3. The van der Waals surface area contributed by atoms with Gasteiger partial charge in [-0.15, -0.1) is 17.9 Å². The Bertz CT molecular complexity index is 196. The normalized spacial score (nSPS) is 9.30. The maximum atomic E-state index is 4.18. The molecule has 4 heteroatoms. The number of hydrogen-bond acceptors (Lipinski definition) is 4. The Morgan fingerprint density at radius 1 is 1.90 bits per heavy atom. The van der Waals surface area contributed by atoms with Gasteiger partial charge < -0.3 is 0 Å². The molecule has 1 heterocycles. The fraction of sp³-hybridized carbons (Fsp3) is 0.167. The maximum absolute atomic E-state index is 4.18. The van der Waals surface area contributed by atoms with Crippen LogP contribution in [0.5, 0.6) is 0 Å². The first-order chi connectivity index (χ1) is 4.84. The van der Waals surface area contributed by atoms with Crippen LogP contribution >= 0.6 is 24.2 Å². The highest BCUT2D eigenvalue weighted by Gasteiger charge is 1.99. The molecule has 0 aromatic carbocycles. The molecule has 0 fully saturated rings. The molecule has 0 amide bonds. The highest BCUT2D eigenvalue weighted by molar-refractivity contribution is 7.82. The van der Waals surface area contributed by atoms with Crippen LogP contribution in [-0.2, 0) is 0 Å². The molecule has 0 atom stereocenters. The molecule has 0 radical (unpaired) electrons. The van der Waals surface area contributed by atoms with Crippen LogP contribution in [0.1, 0.15) is 0 Å². The molecule has 0 aliphatic heterocycles. The summed E-state index contributed by atoms with van der Waals surface area (Å²) in [5, 5.41) is 2.82. The van der Waals surface area contributed by atoms with E-state index in [4.69, 9.17) is 0 Å². The van der Waals surface area contributed by atoms with E-state index in [1.165, 1.54) is 0 Å². The molecule has 1 aromatic heterocycles. The largest absolute Gasteiger partial charge is 0.291 e. The van der Waals surface area contributed by atoms with Crippen LogP contribution in [0.3, 0.4) is 0 Å². The summed E-state index contributed by atoms with van der Waals surface area (Å²) in [6, 6.07) is 0. The summed E-state index contributed by atoms with van der Waals surface area (Å²) in [4.78, 5) is 4.06. The Morgan fingerprint density at radius 2 is 2.70 bits per heavy atom. The smallest absolute Gasteiger partial charge is 0.195 e. The lowest BCUT2D eigenvalue weighted by Gasteiger charge is -2.09. The summed E-state index contributed by atoms with van der Waals surface area (Å²) < 4.78 is 1.75. The number of nitrogens with zero attached hydrogens (tertiary/aromatic N) is 2. The van der Waals surface area contributed by atoms with Crippen molar-refractivity contribution in [3.63, 3.8) is 0 Å². The molecule has 0 aliphatic carbocycles. The van der Waals surface area contributed by atoms with E-state index in [9.17, 15) is 0 Å². The van der Waals surface area contributed by atoms with E-state index in [-0.39, 0.29) is 0 Å². The van der Waals surface area contributed by atoms with Crippen molar-refractivity contribution in [1.29, 1.82) is 0 Å². The van der Waals surface area contributed by atoms with Gasteiger partial charge in [0, 0.05) is 18.1 Å². The van der Waals surface area contributed by atoms with Gasteiger partial charge in [-0.1, -0.05) is 18.9 Å². The lowest BCUT2D eigenvalue weighted by atomic mass is 10.6. The average molecular weight is 172 g/mol. The predicted molar refractivity (Wildman–Crippen MR) is 48.6 cm³/mol. The fourth-order valence-corrected chi connectivity index (χ4v) is 1.41. The molecule has 0 bridgehead atoms. The lowest BCUT2D eigenvalue weighted by molar-refractivity contribution is 1.19. The second-order valence-electron chi connectivity index (χ2n) is 1.69. The molecule has 2 nitrogen and oxygen atoms in total. The molecule has 1 aromatic rings. The second-order valence-corrected chi connectivity index (χ2v) is 3.04. The third-order valence-electron chi connectivity index (χ3n) is 0.942. The molecule has 0 saturated heterocycles. The van der Waals surface area contributed by atoms with Crippen molar-refractivity contribution >= 4 is 29.3 Å². The van der Waals surface area contributed by atoms with E-state index in [0.29, 0.717) is 0 Å². The number of thiazole rings is 1. The average Bonchev–Trinajstić information content (AvgIpc) is 2.38. The molecular formula is C6H8N2S2. The summed E-state index contributed by atoms with van der Waals surface area (Å²) in [7, 11) is 0. The van der Waals surface area contributed by atoms with Gasteiger partial charge in [-0.25, -0.2) is 4.98 Å². The number of anilines is 1. The molecule has 54 valence electrons. The van der Waals surface area contributed by atoms with Gasteiger partial charge in [-0.3, -0.25) is 4.31 Å². The number of aromatic nitrogens is 1. The Balaban J connectivity index is 2.58. The SMILES string of the molecule is C=CCN(S)c1nccs1. The predicted octanol–water partition coefficient (Wildman–Crippen LogP) is 1.98. The minimum absolute atomic E-state index is 0.719. The Morgan fingerprint density at radius 3 is 3.20 bits per heavy atom. The molecule has 0 saturated carbocycles. The highest BCUT2D eigenvalue weighted by Crippen LogP contribution is 2.18. The van der Waals surface area contributed by atoms with Gasteiger partial charge in [0.05, 0.1) is 0 Å². The van der Waals surface area contributed by atoms with Gasteiger partial charge in [0.25, 0.3) is 0 Å². The highest BCUT2D eigenvalue weighted by atomic mass is 32.1. The Kier molecular flexibility index (Phi) is 2.77. The van der Waals surface area contributed by atoms with Crippen LogP contribution in [-0.4, -0.2) is 11.5 Å². The van der Waals surface area contributed by atoms with Gasteiger partial charge >= 0.3 is 0 Å². The minimum Gasteiger partial charge on any atom is -0.291 e. The topological polar surface area (TPSA) is 16.1 Å². The summed E-state index contributed by atoms with van der Waals surface area (Å²) in [6.07, 6.45) is 3.54. The first-order valence-corrected chi connectivity index (χ1v) is 4.09. The van der Waals surface area contributed by atoms with Crippen molar-refractivity contribution in [2.45, 2.75) is 0 Å². The Labute approximate surface area is 69.7 Å². The van der Waals surface area contributed by atoms with Crippen molar-refractivity contribution in [1.82, 2.24) is 4.98 Å². The van der Waals surface area contributed by atoms with Crippen molar-refractivity contribution < 1.29 is 0 Å². The van der Waals surface area contributed by atoms with Crippen LogP contribution in [0.25, 0.3) is 0 Å². The first kappa shape index (κ1) is 7.63. The van der Waals surface area contributed by atoms with Gasteiger partial charge in [-0.05, 0) is 0 Å². The molecule has 0 unspecified atom stereocenters. The lowest BCUT2D eigenvalue weighted by Crippen LogP contribution is -2.08. The molecule has 1 rings (SSSR count). The molecule has 0 N–H and O–H groups in total. The van der Waals surface area contributed by atoms with E-state index >= 15 is 0 Å². The van der Waals surface area contributed by atoms with Crippen LogP contribution < -0.4 is 4.31 Å². The maximum Gasteiger partial charge on any atom is 0.195 e.